The number of amides is 1. The Hall–Kier alpha value is -2.73. The van der Waals surface area contributed by atoms with E-state index in [0.717, 1.165) is 0 Å². The van der Waals surface area contributed by atoms with Crippen LogP contribution in [-0.4, -0.2) is 32.2 Å². The van der Waals surface area contributed by atoms with Gasteiger partial charge in [0.1, 0.15) is 0 Å². The zero-order chi connectivity index (χ0) is 18.4. The van der Waals surface area contributed by atoms with Crippen LogP contribution in [0.15, 0.2) is 42.5 Å². The summed E-state index contributed by atoms with van der Waals surface area (Å²) < 4.78 is 15.4. The molecule has 0 bridgehead atoms. The molecule has 0 fully saturated rings. The first-order valence-corrected chi connectivity index (χ1v) is 7.82. The Labute approximate surface area is 150 Å². The normalized spacial score (nSPS) is 11.4. The Morgan fingerprint density at radius 3 is 2.36 bits per heavy atom. The molecule has 1 atom stereocenters. The number of benzene rings is 2. The fourth-order valence-corrected chi connectivity index (χ4v) is 2.37. The van der Waals surface area contributed by atoms with Gasteiger partial charge in [0.15, 0.2) is 17.6 Å². The maximum absolute atomic E-state index is 12.3. The van der Waals surface area contributed by atoms with Gasteiger partial charge >= 0.3 is 5.97 Å². The number of rotatable bonds is 6. The first-order valence-electron chi connectivity index (χ1n) is 7.44. The molecule has 0 unspecified atom stereocenters. The SMILES string of the molecule is COc1cc(C(=O)O[C@H](C)C(=O)Nc2ccccc2)cc(Cl)c1OC. The number of ether oxygens (including phenoxy) is 3. The smallest absolute Gasteiger partial charge is 0.339 e. The highest BCUT2D eigenvalue weighted by molar-refractivity contribution is 6.32. The molecule has 132 valence electrons. The fraction of sp³-hybridized carbons (Fsp3) is 0.222. The lowest BCUT2D eigenvalue weighted by Gasteiger charge is -2.15. The molecule has 0 saturated heterocycles. The van der Waals surface area contributed by atoms with E-state index in [1.807, 2.05) is 6.07 Å². The van der Waals surface area contributed by atoms with E-state index in [-0.39, 0.29) is 10.6 Å². The standard InChI is InChI=1S/C18H18ClNO5/c1-11(17(21)20-13-7-5-4-6-8-13)25-18(22)12-9-14(19)16(24-3)15(10-12)23-2/h4-11H,1-3H3,(H,20,21)/t11-/m1/s1. The van der Waals surface area contributed by atoms with E-state index < -0.39 is 18.0 Å². The van der Waals surface area contributed by atoms with Crippen LogP contribution in [0.25, 0.3) is 0 Å². The number of carbonyl (C=O) groups excluding carboxylic acids is 2. The number of nitrogens with one attached hydrogen (secondary N) is 1. The number of hydrogen-bond donors (Lipinski definition) is 1. The molecular weight excluding hydrogens is 346 g/mol. The summed E-state index contributed by atoms with van der Waals surface area (Å²) in [7, 11) is 2.87. The molecule has 1 amide bonds. The minimum Gasteiger partial charge on any atom is -0.493 e. The molecule has 0 radical (unpaired) electrons. The molecule has 0 aromatic heterocycles. The minimum absolute atomic E-state index is 0.155. The van der Waals surface area contributed by atoms with Gasteiger partial charge in [-0.2, -0.15) is 0 Å². The van der Waals surface area contributed by atoms with Crippen molar-refractivity contribution in [1.29, 1.82) is 0 Å². The predicted octanol–water partition coefficient (Wildman–Crippen LogP) is 3.54. The quantitative estimate of drug-likeness (QED) is 0.794. The molecule has 0 aliphatic rings. The van der Waals surface area contributed by atoms with Crippen molar-refractivity contribution in [3.05, 3.63) is 53.1 Å². The Bertz CT molecular complexity index is 764. The number of hydrogen-bond acceptors (Lipinski definition) is 5. The van der Waals surface area contributed by atoms with Gasteiger partial charge in [0, 0.05) is 5.69 Å². The Morgan fingerprint density at radius 1 is 1.08 bits per heavy atom. The fourth-order valence-electron chi connectivity index (χ4n) is 2.08. The highest BCUT2D eigenvalue weighted by Crippen LogP contribution is 2.36. The third kappa shape index (κ3) is 4.64. The van der Waals surface area contributed by atoms with Crippen molar-refractivity contribution in [2.24, 2.45) is 0 Å². The van der Waals surface area contributed by atoms with Gasteiger partial charge in [0.25, 0.3) is 5.91 Å². The zero-order valence-corrected chi connectivity index (χ0v) is 14.8. The molecule has 0 aliphatic heterocycles. The number of para-hydroxylation sites is 1. The lowest BCUT2D eigenvalue weighted by Crippen LogP contribution is -2.30. The first kappa shape index (κ1) is 18.6. The van der Waals surface area contributed by atoms with Gasteiger partial charge in [-0.1, -0.05) is 29.8 Å². The third-order valence-electron chi connectivity index (χ3n) is 3.36. The van der Waals surface area contributed by atoms with Crippen molar-refractivity contribution in [2.45, 2.75) is 13.0 Å². The van der Waals surface area contributed by atoms with Crippen molar-refractivity contribution in [2.75, 3.05) is 19.5 Å². The summed E-state index contributed by atoms with van der Waals surface area (Å²) >= 11 is 6.07. The summed E-state index contributed by atoms with van der Waals surface area (Å²) in [5, 5.41) is 2.87. The number of halogens is 1. The molecular formula is C18H18ClNO5. The highest BCUT2D eigenvalue weighted by Gasteiger charge is 2.21. The second-order valence-electron chi connectivity index (χ2n) is 5.10. The maximum Gasteiger partial charge on any atom is 0.339 e. The van der Waals surface area contributed by atoms with Crippen LogP contribution in [-0.2, 0) is 9.53 Å². The number of esters is 1. The minimum atomic E-state index is -0.987. The molecule has 1 N–H and O–H groups in total. The summed E-state index contributed by atoms with van der Waals surface area (Å²) in [6.07, 6.45) is -0.987. The van der Waals surface area contributed by atoms with E-state index in [9.17, 15) is 9.59 Å². The largest absolute Gasteiger partial charge is 0.493 e. The monoisotopic (exact) mass is 363 g/mol. The van der Waals surface area contributed by atoms with Crippen molar-refractivity contribution < 1.29 is 23.8 Å². The summed E-state index contributed by atoms with van der Waals surface area (Å²) in [6, 6.07) is 11.7. The van der Waals surface area contributed by atoms with Crippen LogP contribution in [0.3, 0.4) is 0 Å². The molecule has 25 heavy (non-hydrogen) atoms. The summed E-state index contributed by atoms with van der Waals surface area (Å²) in [5.41, 5.74) is 0.770. The predicted molar refractivity (Wildman–Crippen MR) is 94.5 cm³/mol. The molecule has 2 aromatic carbocycles. The van der Waals surface area contributed by atoms with Crippen LogP contribution in [0.4, 0.5) is 5.69 Å². The van der Waals surface area contributed by atoms with Crippen LogP contribution in [0, 0.1) is 0 Å². The summed E-state index contributed by atoms with van der Waals surface area (Å²) in [5.74, 6) is -0.524. The van der Waals surface area contributed by atoms with Crippen LogP contribution >= 0.6 is 11.6 Å². The molecule has 7 heteroatoms. The third-order valence-corrected chi connectivity index (χ3v) is 3.64. The van der Waals surface area contributed by atoms with E-state index >= 15 is 0 Å². The average molecular weight is 364 g/mol. The van der Waals surface area contributed by atoms with Gasteiger partial charge in [-0.15, -0.1) is 0 Å². The molecule has 2 aromatic rings. The second-order valence-corrected chi connectivity index (χ2v) is 5.50. The molecule has 0 aliphatic carbocycles. The van der Waals surface area contributed by atoms with Crippen molar-refractivity contribution in [1.82, 2.24) is 0 Å². The van der Waals surface area contributed by atoms with Gasteiger partial charge in [0.2, 0.25) is 0 Å². The van der Waals surface area contributed by atoms with E-state index in [1.165, 1.54) is 33.3 Å². The van der Waals surface area contributed by atoms with Crippen molar-refractivity contribution in [3.8, 4) is 11.5 Å². The Morgan fingerprint density at radius 2 is 1.76 bits per heavy atom. The van der Waals surface area contributed by atoms with Crippen LogP contribution in [0.2, 0.25) is 5.02 Å². The maximum atomic E-state index is 12.3. The molecule has 0 spiro atoms. The topological polar surface area (TPSA) is 73.9 Å². The van der Waals surface area contributed by atoms with Crippen LogP contribution < -0.4 is 14.8 Å². The van der Waals surface area contributed by atoms with Gasteiger partial charge in [-0.3, -0.25) is 4.79 Å². The zero-order valence-electron chi connectivity index (χ0n) is 14.0. The first-order chi connectivity index (χ1) is 12.0. The lowest BCUT2D eigenvalue weighted by molar-refractivity contribution is -0.123. The van der Waals surface area contributed by atoms with E-state index in [2.05, 4.69) is 5.32 Å². The average Bonchev–Trinajstić information content (AvgIpc) is 2.61. The Kier molecular flexibility index (Phi) is 6.25. The van der Waals surface area contributed by atoms with Crippen LogP contribution in [0.5, 0.6) is 11.5 Å². The second kappa shape index (κ2) is 8.39. The van der Waals surface area contributed by atoms with E-state index in [4.69, 9.17) is 25.8 Å². The van der Waals surface area contributed by atoms with Gasteiger partial charge in [-0.25, -0.2) is 4.79 Å². The molecule has 0 saturated carbocycles. The number of methoxy groups -OCH3 is 2. The Balaban J connectivity index is 2.08. The number of carbonyl (C=O) groups is 2. The van der Waals surface area contributed by atoms with E-state index in [0.29, 0.717) is 17.2 Å². The van der Waals surface area contributed by atoms with Gasteiger partial charge < -0.3 is 19.5 Å². The lowest BCUT2D eigenvalue weighted by atomic mass is 10.2. The molecule has 6 nitrogen and oxygen atoms in total. The van der Waals surface area contributed by atoms with Gasteiger partial charge in [0.05, 0.1) is 24.8 Å². The van der Waals surface area contributed by atoms with E-state index in [1.54, 1.807) is 24.3 Å². The van der Waals surface area contributed by atoms with Crippen molar-refractivity contribution >= 4 is 29.2 Å². The molecule has 2 rings (SSSR count). The molecule has 0 heterocycles. The van der Waals surface area contributed by atoms with Crippen LogP contribution in [0.1, 0.15) is 17.3 Å². The number of anilines is 1. The van der Waals surface area contributed by atoms with Crippen molar-refractivity contribution in [3.63, 3.8) is 0 Å². The summed E-state index contributed by atoms with van der Waals surface area (Å²) in [6.45, 7) is 1.48. The van der Waals surface area contributed by atoms with Gasteiger partial charge in [-0.05, 0) is 31.2 Å². The summed E-state index contributed by atoms with van der Waals surface area (Å²) in [4.78, 5) is 24.4. The highest BCUT2D eigenvalue weighted by atomic mass is 35.5.